The monoisotopic (exact) mass is 550 g/mol. The van der Waals surface area contributed by atoms with Crippen molar-refractivity contribution in [3.63, 3.8) is 0 Å². The maximum atomic E-state index is 13.2. The third kappa shape index (κ3) is 6.00. The van der Waals surface area contributed by atoms with Crippen LogP contribution in [0.4, 0.5) is 23.0 Å². The highest BCUT2D eigenvalue weighted by molar-refractivity contribution is 7.90. The fraction of sp³-hybridized carbons (Fsp3) is 0.414. The summed E-state index contributed by atoms with van der Waals surface area (Å²) >= 11 is 0. The standard InChI is InChI=1S/C29H36N6O3S.H2/c1-21-19-29(2,3)35(20-21)27-24(9-8-16-30-27)28(36)33-39(37,38)26-11-7-10-25(32-26)31-22-12-14-23(15-13-22)34-17-5-4-6-18-34;/h7-16,21H,4-6,17-20H2,1-3H3,(H,31,32)(H,33,36);1H. The molecule has 2 fully saturated rings. The zero-order valence-corrected chi connectivity index (χ0v) is 23.5. The van der Waals surface area contributed by atoms with E-state index in [1.807, 2.05) is 12.1 Å². The Labute approximate surface area is 232 Å². The molecule has 5 rings (SSSR count). The van der Waals surface area contributed by atoms with Crippen molar-refractivity contribution < 1.29 is 14.6 Å². The van der Waals surface area contributed by atoms with Gasteiger partial charge in [-0.1, -0.05) is 13.0 Å². The van der Waals surface area contributed by atoms with Crippen LogP contribution in [0.25, 0.3) is 0 Å². The molecule has 0 spiro atoms. The lowest BCUT2D eigenvalue weighted by Gasteiger charge is -2.33. The highest BCUT2D eigenvalue weighted by atomic mass is 32.2. The van der Waals surface area contributed by atoms with Gasteiger partial charge < -0.3 is 15.1 Å². The lowest BCUT2D eigenvalue weighted by Crippen LogP contribution is -2.41. The molecule has 9 nitrogen and oxygen atoms in total. The fourth-order valence-corrected chi connectivity index (χ4v) is 6.60. The van der Waals surface area contributed by atoms with Crippen molar-refractivity contribution in [3.8, 4) is 0 Å². The molecule has 2 saturated heterocycles. The molecule has 10 heteroatoms. The van der Waals surface area contributed by atoms with Gasteiger partial charge in [0.15, 0.2) is 5.03 Å². The Morgan fingerprint density at radius 3 is 2.46 bits per heavy atom. The number of piperidine rings is 1. The van der Waals surface area contributed by atoms with Crippen LogP contribution in [0.1, 0.15) is 58.2 Å². The number of hydrogen-bond acceptors (Lipinski definition) is 8. The number of benzene rings is 1. The number of rotatable bonds is 7. The molecule has 4 heterocycles. The van der Waals surface area contributed by atoms with Crippen LogP contribution in [0.2, 0.25) is 0 Å². The number of sulfonamides is 1. The summed E-state index contributed by atoms with van der Waals surface area (Å²) in [5.74, 6) is 0.547. The first kappa shape index (κ1) is 26.9. The second-order valence-corrected chi connectivity index (χ2v) is 12.8. The Hall–Kier alpha value is -3.66. The van der Waals surface area contributed by atoms with Gasteiger partial charge >= 0.3 is 0 Å². The summed E-state index contributed by atoms with van der Waals surface area (Å²) in [6.07, 6.45) is 6.27. The van der Waals surface area contributed by atoms with E-state index in [-0.39, 0.29) is 17.6 Å². The van der Waals surface area contributed by atoms with Crippen LogP contribution in [0.3, 0.4) is 0 Å². The molecule has 39 heavy (non-hydrogen) atoms. The van der Waals surface area contributed by atoms with Gasteiger partial charge in [-0.05, 0) is 94.0 Å². The molecule has 208 valence electrons. The number of carbonyl (C=O) groups is 1. The molecule has 2 N–H and O–H groups in total. The van der Waals surface area contributed by atoms with Crippen LogP contribution in [0.15, 0.2) is 65.8 Å². The van der Waals surface area contributed by atoms with Gasteiger partial charge in [-0.15, -0.1) is 0 Å². The Morgan fingerprint density at radius 1 is 1.03 bits per heavy atom. The Balaban J connectivity index is 0.00000370. The molecule has 2 aliphatic rings. The van der Waals surface area contributed by atoms with Crippen LogP contribution in [-0.4, -0.2) is 49.5 Å². The maximum absolute atomic E-state index is 13.2. The van der Waals surface area contributed by atoms with Gasteiger partial charge in [0, 0.05) is 44.2 Å². The van der Waals surface area contributed by atoms with Crippen molar-refractivity contribution in [1.82, 2.24) is 14.7 Å². The molecular formula is C29H38N6O3S. The highest BCUT2D eigenvalue weighted by Crippen LogP contribution is 2.37. The van der Waals surface area contributed by atoms with Crippen LogP contribution < -0.4 is 19.8 Å². The smallest absolute Gasteiger partial charge is 0.281 e. The molecule has 3 aromatic rings. The highest BCUT2D eigenvalue weighted by Gasteiger charge is 2.39. The minimum Gasteiger partial charge on any atom is -0.372 e. The van der Waals surface area contributed by atoms with E-state index in [0.29, 0.717) is 17.6 Å². The number of pyridine rings is 2. The average Bonchev–Trinajstić information content (AvgIpc) is 3.21. The Bertz CT molecular complexity index is 1440. The van der Waals surface area contributed by atoms with Crippen molar-refractivity contribution in [2.24, 2.45) is 5.92 Å². The second-order valence-electron chi connectivity index (χ2n) is 11.1. The number of hydrogen-bond donors (Lipinski definition) is 2. The molecule has 2 aromatic heterocycles. The molecule has 2 aliphatic heterocycles. The number of carbonyl (C=O) groups excluding carboxylic acids is 1. The van der Waals surface area contributed by atoms with E-state index in [9.17, 15) is 13.2 Å². The van der Waals surface area contributed by atoms with Crippen molar-refractivity contribution in [2.45, 2.75) is 57.0 Å². The van der Waals surface area contributed by atoms with Gasteiger partial charge in [-0.2, -0.15) is 8.42 Å². The van der Waals surface area contributed by atoms with Crippen LogP contribution in [0.5, 0.6) is 0 Å². The summed E-state index contributed by atoms with van der Waals surface area (Å²) < 4.78 is 28.6. The summed E-state index contributed by atoms with van der Waals surface area (Å²) in [7, 11) is -4.23. The zero-order valence-electron chi connectivity index (χ0n) is 22.7. The Morgan fingerprint density at radius 2 is 1.77 bits per heavy atom. The molecule has 1 amide bonds. The second kappa shape index (κ2) is 10.8. The molecule has 0 saturated carbocycles. The van der Waals surface area contributed by atoms with E-state index < -0.39 is 15.9 Å². The van der Waals surface area contributed by atoms with Gasteiger partial charge in [-0.25, -0.2) is 14.7 Å². The minimum absolute atomic E-state index is 0. The summed E-state index contributed by atoms with van der Waals surface area (Å²) in [5, 5.41) is 2.92. The third-order valence-electron chi connectivity index (χ3n) is 7.45. The lowest BCUT2D eigenvalue weighted by atomic mass is 9.97. The first-order chi connectivity index (χ1) is 18.6. The van der Waals surface area contributed by atoms with Gasteiger partial charge in [0.05, 0.1) is 5.56 Å². The number of aromatic nitrogens is 2. The first-order valence-corrected chi connectivity index (χ1v) is 15.0. The van der Waals surface area contributed by atoms with E-state index in [2.05, 4.69) is 62.7 Å². The van der Waals surface area contributed by atoms with E-state index in [1.165, 1.54) is 31.0 Å². The summed E-state index contributed by atoms with van der Waals surface area (Å²) in [4.78, 5) is 26.4. The fourth-order valence-electron chi connectivity index (χ4n) is 5.67. The third-order valence-corrected chi connectivity index (χ3v) is 8.68. The summed E-state index contributed by atoms with van der Waals surface area (Å²) in [5.41, 5.74) is 1.99. The van der Waals surface area contributed by atoms with E-state index in [0.717, 1.165) is 31.7 Å². The quantitative estimate of drug-likeness (QED) is 0.413. The summed E-state index contributed by atoms with van der Waals surface area (Å²) in [6, 6.07) is 15.9. The van der Waals surface area contributed by atoms with Crippen molar-refractivity contribution in [2.75, 3.05) is 34.8 Å². The van der Waals surface area contributed by atoms with Crippen molar-refractivity contribution >= 4 is 38.9 Å². The minimum atomic E-state index is -4.23. The maximum Gasteiger partial charge on any atom is 0.281 e. The molecule has 1 aromatic carbocycles. The lowest BCUT2D eigenvalue weighted by molar-refractivity contribution is 0.0981. The molecule has 0 aliphatic carbocycles. The molecule has 1 atom stereocenters. The van der Waals surface area contributed by atoms with E-state index in [1.54, 1.807) is 30.5 Å². The largest absolute Gasteiger partial charge is 0.372 e. The van der Waals surface area contributed by atoms with Gasteiger partial charge in [-0.3, -0.25) is 4.79 Å². The molecule has 1 unspecified atom stereocenters. The predicted octanol–water partition coefficient (Wildman–Crippen LogP) is 5.20. The molecular weight excluding hydrogens is 512 g/mol. The van der Waals surface area contributed by atoms with Crippen molar-refractivity contribution in [3.05, 3.63) is 66.4 Å². The van der Waals surface area contributed by atoms with E-state index in [4.69, 9.17) is 0 Å². The van der Waals surface area contributed by atoms with E-state index >= 15 is 0 Å². The van der Waals surface area contributed by atoms with Gasteiger partial charge in [0.2, 0.25) is 0 Å². The number of nitrogens with one attached hydrogen (secondary N) is 2. The SMILES string of the molecule is CC1CN(c2ncccc2C(=O)NS(=O)(=O)c2cccc(Nc3ccc(N4CCCCC4)cc3)n2)C(C)(C)C1.[HH]. The molecule has 0 bridgehead atoms. The molecule has 0 radical (unpaired) electrons. The number of amides is 1. The summed E-state index contributed by atoms with van der Waals surface area (Å²) in [6.45, 7) is 9.24. The Kier molecular flexibility index (Phi) is 7.48. The number of anilines is 4. The van der Waals surface area contributed by atoms with Crippen LogP contribution in [0, 0.1) is 5.92 Å². The zero-order chi connectivity index (χ0) is 27.6. The topological polar surface area (TPSA) is 108 Å². The normalized spacial score (nSPS) is 19.1. The van der Waals surface area contributed by atoms with Gasteiger partial charge in [0.25, 0.3) is 15.9 Å². The van der Waals surface area contributed by atoms with Gasteiger partial charge in [0.1, 0.15) is 11.6 Å². The predicted molar refractivity (Wildman–Crippen MR) is 156 cm³/mol. The van der Waals surface area contributed by atoms with Crippen molar-refractivity contribution in [1.29, 1.82) is 0 Å². The van der Waals surface area contributed by atoms with Crippen LogP contribution >= 0.6 is 0 Å². The number of nitrogens with zero attached hydrogens (tertiary/aromatic N) is 4. The first-order valence-electron chi connectivity index (χ1n) is 13.5. The van der Waals surface area contributed by atoms with Crippen LogP contribution in [-0.2, 0) is 10.0 Å². The average molecular weight is 551 g/mol.